The molecule has 1 fully saturated rings. The van der Waals surface area contributed by atoms with Gasteiger partial charge in [-0.15, -0.1) is 0 Å². The highest BCUT2D eigenvalue weighted by Crippen LogP contribution is 2.34. The molecule has 5 rings (SSSR count). The smallest absolute Gasteiger partial charge is 0.267 e. The summed E-state index contributed by atoms with van der Waals surface area (Å²) in [7, 11) is 1.60. The molecule has 39 heavy (non-hydrogen) atoms. The number of methoxy groups -OCH3 is 1. The topological polar surface area (TPSA) is 96.2 Å². The molecule has 1 aliphatic heterocycles. The highest BCUT2D eigenvalue weighted by molar-refractivity contribution is 8.26. The lowest BCUT2D eigenvalue weighted by atomic mass is 10.1. The molecule has 0 radical (unpaired) electrons. The van der Waals surface area contributed by atoms with Crippen LogP contribution in [0.1, 0.15) is 28.4 Å². The monoisotopic (exact) mass is 558 g/mol. The number of carbonyl (C=O) groups is 1. The standard InChI is InChI=1S/C29H26N4O4S2/c1-18-8-13-25-31-26(30-15-23(34)20-6-4-3-5-7-20)22(27(35)32(25)16-18)14-24-28(36)33(29(38)39-24)17-19-9-11-21(37-2)12-10-19/h3-14,16,23,30,34H,15,17H2,1-2H3/b24-14+. The molecule has 1 atom stereocenters. The van der Waals surface area contributed by atoms with E-state index in [1.807, 2.05) is 67.6 Å². The Bertz CT molecular complexity index is 1640. The second kappa shape index (κ2) is 11.4. The first-order valence-corrected chi connectivity index (χ1v) is 13.4. The molecule has 0 spiro atoms. The van der Waals surface area contributed by atoms with Crippen LogP contribution < -0.4 is 15.6 Å². The number of aliphatic hydroxyl groups is 1. The van der Waals surface area contributed by atoms with Crippen LogP contribution in [0.3, 0.4) is 0 Å². The number of benzene rings is 2. The number of pyridine rings is 1. The second-order valence-electron chi connectivity index (χ2n) is 9.04. The van der Waals surface area contributed by atoms with Crippen molar-refractivity contribution in [3.05, 3.63) is 110 Å². The molecular formula is C29H26N4O4S2. The van der Waals surface area contributed by atoms with Crippen molar-refractivity contribution in [1.82, 2.24) is 14.3 Å². The summed E-state index contributed by atoms with van der Waals surface area (Å²) in [5, 5.41) is 13.8. The summed E-state index contributed by atoms with van der Waals surface area (Å²) in [6.45, 7) is 2.31. The van der Waals surface area contributed by atoms with Gasteiger partial charge in [0.25, 0.3) is 11.5 Å². The van der Waals surface area contributed by atoms with Gasteiger partial charge in [0.2, 0.25) is 0 Å². The Kier molecular flexibility index (Phi) is 7.78. The number of nitrogens with zero attached hydrogens (tertiary/aromatic N) is 3. The van der Waals surface area contributed by atoms with Crippen LogP contribution in [0.25, 0.3) is 11.7 Å². The summed E-state index contributed by atoms with van der Waals surface area (Å²) in [5.74, 6) is 0.713. The van der Waals surface area contributed by atoms with E-state index in [0.717, 1.165) is 34.2 Å². The van der Waals surface area contributed by atoms with E-state index in [1.54, 1.807) is 19.4 Å². The van der Waals surface area contributed by atoms with Gasteiger partial charge in [-0.1, -0.05) is 72.5 Å². The molecule has 2 aromatic heterocycles. The van der Waals surface area contributed by atoms with Gasteiger partial charge in [-0.3, -0.25) is 18.9 Å². The molecule has 0 bridgehead atoms. The van der Waals surface area contributed by atoms with Crippen LogP contribution in [0.4, 0.5) is 5.82 Å². The SMILES string of the molecule is COc1ccc(CN2C(=O)/C(=C\c3c(NCC(O)c4ccccc4)nc4ccc(C)cn4c3=O)SC2=S)cc1. The van der Waals surface area contributed by atoms with Crippen molar-refractivity contribution in [2.75, 3.05) is 19.0 Å². The van der Waals surface area contributed by atoms with Gasteiger partial charge in [0.1, 0.15) is 21.5 Å². The number of anilines is 1. The lowest BCUT2D eigenvalue weighted by Crippen LogP contribution is -2.27. The number of ether oxygens (including phenoxy) is 1. The zero-order valence-electron chi connectivity index (χ0n) is 21.3. The number of rotatable bonds is 8. The molecule has 1 aliphatic rings. The number of fused-ring (bicyclic) bond motifs is 1. The minimum atomic E-state index is -0.819. The van der Waals surface area contributed by atoms with Gasteiger partial charge >= 0.3 is 0 Å². The van der Waals surface area contributed by atoms with E-state index in [0.29, 0.717) is 21.4 Å². The quantitative estimate of drug-likeness (QED) is 0.240. The van der Waals surface area contributed by atoms with Crippen molar-refractivity contribution in [3.63, 3.8) is 0 Å². The average Bonchev–Trinajstić information content (AvgIpc) is 3.22. The molecule has 0 aliphatic carbocycles. The van der Waals surface area contributed by atoms with Crippen LogP contribution in [0.5, 0.6) is 5.75 Å². The molecule has 10 heteroatoms. The maximum absolute atomic E-state index is 13.6. The van der Waals surface area contributed by atoms with E-state index in [-0.39, 0.29) is 29.4 Å². The molecule has 2 N–H and O–H groups in total. The summed E-state index contributed by atoms with van der Waals surface area (Å²) in [6.07, 6.45) is 2.42. The minimum absolute atomic E-state index is 0.123. The minimum Gasteiger partial charge on any atom is -0.497 e. The number of nitrogens with one attached hydrogen (secondary N) is 1. The zero-order valence-corrected chi connectivity index (χ0v) is 23.0. The molecule has 198 valence electrons. The predicted octanol–water partition coefficient (Wildman–Crippen LogP) is 4.56. The van der Waals surface area contributed by atoms with Gasteiger partial charge in [0.15, 0.2) is 0 Å². The first kappa shape index (κ1) is 26.6. The highest BCUT2D eigenvalue weighted by Gasteiger charge is 2.32. The van der Waals surface area contributed by atoms with Crippen LogP contribution in [0.15, 0.2) is 82.6 Å². The highest BCUT2D eigenvalue weighted by atomic mass is 32.2. The van der Waals surface area contributed by atoms with Gasteiger partial charge < -0.3 is 15.2 Å². The predicted molar refractivity (Wildman–Crippen MR) is 158 cm³/mol. The van der Waals surface area contributed by atoms with Gasteiger partial charge in [-0.25, -0.2) is 4.98 Å². The van der Waals surface area contributed by atoms with Gasteiger partial charge in [-0.05, 0) is 47.9 Å². The average molecular weight is 559 g/mol. The van der Waals surface area contributed by atoms with Crippen molar-refractivity contribution in [3.8, 4) is 5.75 Å². The van der Waals surface area contributed by atoms with Gasteiger partial charge in [0, 0.05) is 12.7 Å². The van der Waals surface area contributed by atoms with E-state index in [1.165, 1.54) is 15.4 Å². The lowest BCUT2D eigenvalue weighted by Gasteiger charge is -2.15. The number of aromatic nitrogens is 2. The van der Waals surface area contributed by atoms with E-state index in [9.17, 15) is 14.7 Å². The molecule has 1 saturated heterocycles. The Morgan fingerprint density at radius 2 is 1.85 bits per heavy atom. The molecule has 1 amide bonds. The molecular weight excluding hydrogens is 532 g/mol. The van der Waals surface area contributed by atoms with E-state index in [2.05, 4.69) is 10.3 Å². The Morgan fingerprint density at radius 1 is 1.10 bits per heavy atom. The van der Waals surface area contributed by atoms with Gasteiger partial charge in [-0.2, -0.15) is 0 Å². The molecule has 4 aromatic rings. The maximum Gasteiger partial charge on any atom is 0.267 e. The number of carbonyl (C=O) groups excluding carboxylic acids is 1. The Morgan fingerprint density at radius 3 is 2.56 bits per heavy atom. The maximum atomic E-state index is 13.6. The molecule has 1 unspecified atom stereocenters. The fourth-order valence-electron chi connectivity index (χ4n) is 4.19. The van der Waals surface area contributed by atoms with Crippen molar-refractivity contribution in [2.24, 2.45) is 0 Å². The number of hydrogen-bond donors (Lipinski definition) is 2. The van der Waals surface area contributed by atoms with Crippen LogP contribution in [-0.2, 0) is 11.3 Å². The summed E-state index contributed by atoms with van der Waals surface area (Å²) in [4.78, 5) is 33.5. The summed E-state index contributed by atoms with van der Waals surface area (Å²) in [6, 6.07) is 20.3. The van der Waals surface area contributed by atoms with E-state index in [4.69, 9.17) is 17.0 Å². The van der Waals surface area contributed by atoms with Gasteiger partial charge in [0.05, 0.1) is 30.2 Å². The fraction of sp³-hybridized carbons (Fsp3) is 0.172. The number of thioether (sulfide) groups is 1. The number of aliphatic hydroxyl groups excluding tert-OH is 1. The van der Waals surface area contributed by atoms with Crippen molar-refractivity contribution < 1.29 is 14.6 Å². The van der Waals surface area contributed by atoms with Crippen molar-refractivity contribution >= 4 is 51.7 Å². The van der Waals surface area contributed by atoms with E-state index < -0.39 is 6.10 Å². The van der Waals surface area contributed by atoms with Crippen molar-refractivity contribution in [2.45, 2.75) is 19.6 Å². The normalized spacial score (nSPS) is 15.3. The van der Waals surface area contributed by atoms with Crippen LogP contribution in [0.2, 0.25) is 0 Å². The molecule has 2 aromatic carbocycles. The third-order valence-corrected chi connectivity index (χ3v) is 7.68. The number of thiocarbonyl (C=S) groups is 1. The van der Waals surface area contributed by atoms with E-state index >= 15 is 0 Å². The van der Waals surface area contributed by atoms with Crippen LogP contribution in [-0.4, -0.2) is 43.3 Å². The third kappa shape index (κ3) is 5.73. The summed E-state index contributed by atoms with van der Waals surface area (Å²) >= 11 is 6.65. The molecule has 8 nitrogen and oxygen atoms in total. The number of amides is 1. The molecule has 0 saturated carbocycles. The number of aryl methyl sites for hydroxylation is 1. The first-order valence-electron chi connectivity index (χ1n) is 12.2. The lowest BCUT2D eigenvalue weighted by molar-refractivity contribution is -0.122. The summed E-state index contributed by atoms with van der Waals surface area (Å²) in [5.41, 5.74) is 2.85. The number of hydrogen-bond acceptors (Lipinski definition) is 8. The first-order chi connectivity index (χ1) is 18.8. The fourth-order valence-corrected chi connectivity index (χ4v) is 5.43. The third-order valence-electron chi connectivity index (χ3n) is 6.30. The molecule has 3 heterocycles. The second-order valence-corrected chi connectivity index (χ2v) is 10.7. The largest absolute Gasteiger partial charge is 0.497 e. The van der Waals surface area contributed by atoms with Crippen LogP contribution in [0, 0.1) is 6.92 Å². The van der Waals surface area contributed by atoms with Crippen molar-refractivity contribution in [1.29, 1.82) is 0 Å². The summed E-state index contributed by atoms with van der Waals surface area (Å²) < 4.78 is 7.07. The van der Waals surface area contributed by atoms with Crippen LogP contribution >= 0.6 is 24.0 Å². The zero-order chi connectivity index (χ0) is 27.5. The Balaban J connectivity index is 1.48. The Hall–Kier alpha value is -3.99. The Labute approximate surface area is 235 Å².